The smallest absolute Gasteiger partial charge is 0.663 e. The van der Waals surface area contributed by atoms with Crippen LogP contribution in [0.3, 0.4) is 0 Å². The summed E-state index contributed by atoms with van der Waals surface area (Å²) in [5, 5.41) is 8.61. The molecular weight excluding hydrogens is 138 g/mol. The van der Waals surface area contributed by atoms with Gasteiger partial charge in [-0.1, -0.05) is 25.7 Å². The summed E-state index contributed by atoms with van der Waals surface area (Å²) in [5.41, 5.74) is 0. The third kappa shape index (κ3) is 4.38. The van der Waals surface area contributed by atoms with E-state index in [0.29, 0.717) is 12.1 Å². The Morgan fingerprint density at radius 2 is 1.17 bits per heavy atom. The normalized spacial score (nSPS) is 28.5. The summed E-state index contributed by atoms with van der Waals surface area (Å²) >= 11 is 0. The van der Waals surface area contributed by atoms with Gasteiger partial charge in [0.1, 0.15) is 0 Å². The van der Waals surface area contributed by atoms with E-state index >= 15 is 0 Å². The molecule has 0 spiro atoms. The first-order chi connectivity index (χ1) is 4.88. The van der Waals surface area contributed by atoms with Gasteiger partial charge in [-0.05, 0) is 0 Å². The second-order valence-electron chi connectivity index (χ2n) is 2.94. The molecular formula is C8H16Li2N2. The van der Waals surface area contributed by atoms with Crippen LogP contribution in [0.5, 0.6) is 0 Å². The molecule has 12 heavy (non-hydrogen) atoms. The average Bonchev–Trinajstić information content (AvgIpc) is 2.04. The Balaban J connectivity index is 0. The third-order valence-electron chi connectivity index (χ3n) is 2.36. The first-order valence-electron chi connectivity index (χ1n) is 4.06. The maximum atomic E-state index is 4.31. The van der Waals surface area contributed by atoms with Crippen molar-refractivity contribution in [3.8, 4) is 0 Å². The molecule has 2 nitrogen and oxygen atoms in total. The van der Waals surface area contributed by atoms with Crippen LogP contribution in [0.25, 0.3) is 10.6 Å². The summed E-state index contributed by atoms with van der Waals surface area (Å²) in [4.78, 5) is 0. The van der Waals surface area contributed by atoms with Crippen molar-refractivity contribution in [2.45, 2.75) is 37.8 Å². The van der Waals surface area contributed by atoms with Crippen LogP contribution in [0.1, 0.15) is 25.7 Å². The van der Waals surface area contributed by atoms with Gasteiger partial charge in [-0.25, -0.2) is 0 Å². The average molecular weight is 154 g/mol. The van der Waals surface area contributed by atoms with E-state index in [-0.39, 0.29) is 37.7 Å². The van der Waals surface area contributed by atoms with Gasteiger partial charge in [-0.15, -0.1) is 0 Å². The van der Waals surface area contributed by atoms with Gasteiger partial charge in [-0.2, -0.15) is 26.2 Å². The van der Waals surface area contributed by atoms with Gasteiger partial charge in [0.15, 0.2) is 0 Å². The molecule has 0 saturated heterocycles. The first-order valence-corrected chi connectivity index (χ1v) is 4.06. The van der Waals surface area contributed by atoms with E-state index < -0.39 is 0 Å². The number of likely N-dealkylation sites (N-methyl/N-ethyl adjacent to an activating group) is 2. The second kappa shape index (κ2) is 8.70. The molecule has 0 amide bonds. The van der Waals surface area contributed by atoms with Gasteiger partial charge in [-0.3, -0.25) is 0 Å². The Morgan fingerprint density at radius 1 is 0.833 bits per heavy atom. The fourth-order valence-corrected chi connectivity index (χ4v) is 1.69. The van der Waals surface area contributed by atoms with Gasteiger partial charge in [0.25, 0.3) is 0 Å². The number of rotatable bonds is 2. The zero-order valence-corrected chi connectivity index (χ0v) is 8.88. The van der Waals surface area contributed by atoms with E-state index in [0.717, 1.165) is 0 Å². The molecule has 0 unspecified atom stereocenters. The molecule has 0 aliphatic heterocycles. The van der Waals surface area contributed by atoms with Crippen LogP contribution >= 0.6 is 0 Å². The van der Waals surface area contributed by atoms with Crippen LogP contribution in [0.2, 0.25) is 0 Å². The summed E-state index contributed by atoms with van der Waals surface area (Å²) in [5.74, 6) is 0. The van der Waals surface area contributed by atoms with Crippen LogP contribution in [-0.2, 0) is 0 Å². The zero-order valence-electron chi connectivity index (χ0n) is 8.88. The van der Waals surface area contributed by atoms with Crippen LogP contribution in [0, 0.1) is 0 Å². The molecule has 2 atom stereocenters. The molecule has 0 bridgehead atoms. The molecule has 0 heterocycles. The minimum Gasteiger partial charge on any atom is -0.663 e. The van der Waals surface area contributed by atoms with Gasteiger partial charge in [0.05, 0.1) is 0 Å². The molecule has 1 saturated carbocycles. The predicted molar refractivity (Wildman–Crippen MR) is 44.6 cm³/mol. The van der Waals surface area contributed by atoms with Gasteiger partial charge in [0.2, 0.25) is 0 Å². The van der Waals surface area contributed by atoms with Crippen molar-refractivity contribution in [3.05, 3.63) is 10.6 Å². The monoisotopic (exact) mass is 154 g/mol. The molecule has 1 fully saturated rings. The van der Waals surface area contributed by atoms with Crippen molar-refractivity contribution in [2.75, 3.05) is 14.1 Å². The van der Waals surface area contributed by atoms with Crippen LogP contribution in [-0.4, -0.2) is 26.2 Å². The van der Waals surface area contributed by atoms with Gasteiger partial charge >= 0.3 is 37.7 Å². The van der Waals surface area contributed by atoms with E-state index in [4.69, 9.17) is 0 Å². The van der Waals surface area contributed by atoms with Crippen molar-refractivity contribution < 1.29 is 37.7 Å². The maximum absolute atomic E-state index is 4.31. The first kappa shape index (κ1) is 15.6. The van der Waals surface area contributed by atoms with E-state index in [1.807, 2.05) is 14.1 Å². The SMILES string of the molecule is C[N-][C@@H]1CCCC[C@H]1[N-]C.[Li+].[Li+]. The topological polar surface area (TPSA) is 28.2 Å². The third-order valence-corrected chi connectivity index (χ3v) is 2.36. The molecule has 0 N–H and O–H groups in total. The summed E-state index contributed by atoms with van der Waals surface area (Å²) < 4.78 is 0. The zero-order chi connectivity index (χ0) is 7.40. The van der Waals surface area contributed by atoms with E-state index in [2.05, 4.69) is 10.6 Å². The summed E-state index contributed by atoms with van der Waals surface area (Å²) in [6, 6.07) is 1.05. The second-order valence-corrected chi connectivity index (χ2v) is 2.94. The molecule has 0 aromatic carbocycles. The van der Waals surface area contributed by atoms with Crippen LogP contribution in [0.15, 0.2) is 0 Å². The predicted octanol–water partition coefficient (Wildman–Crippen LogP) is -3.69. The van der Waals surface area contributed by atoms with Gasteiger partial charge in [0, 0.05) is 0 Å². The minimum absolute atomic E-state index is 0. The maximum Gasteiger partial charge on any atom is 1.00 e. The molecule has 0 radical (unpaired) electrons. The molecule has 4 heteroatoms. The fourth-order valence-electron chi connectivity index (χ4n) is 1.69. The fraction of sp³-hybridized carbons (Fsp3) is 1.00. The van der Waals surface area contributed by atoms with Crippen molar-refractivity contribution in [3.63, 3.8) is 0 Å². The van der Waals surface area contributed by atoms with Crippen molar-refractivity contribution in [2.24, 2.45) is 0 Å². The number of hydrogen-bond donors (Lipinski definition) is 0. The van der Waals surface area contributed by atoms with Gasteiger partial charge < -0.3 is 10.6 Å². The van der Waals surface area contributed by atoms with Crippen molar-refractivity contribution in [1.82, 2.24) is 0 Å². The largest absolute Gasteiger partial charge is 1.00 e. The van der Waals surface area contributed by atoms with Crippen LogP contribution < -0.4 is 37.7 Å². The molecule has 0 aromatic rings. The standard InChI is InChI=1S/C8H16N2.2Li/c1-9-7-5-3-4-6-8(7)10-2;;/h7-8H,3-6H2,1-2H3;;/q-2;2*+1/t7-,8-;;/m1../s1. The summed E-state index contributed by atoms with van der Waals surface area (Å²) in [6.07, 6.45) is 5.18. The Kier molecular flexibility index (Phi) is 11.3. The van der Waals surface area contributed by atoms with E-state index in [9.17, 15) is 0 Å². The quantitative estimate of drug-likeness (QED) is 0.366. The minimum atomic E-state index is 0. The number of nitrogens with zero attached hydrogens (tertiary/aromatic N) is 2. The van der Waals surface area contributed by atoms with Crippen molar-refractivity contribution in [1.29, 1.82) is 0 Å². The molecule has 1 rings (SSSR count). The molecule has 1 aliphatic carbocycles. The Morgan fingerprint density at radius 3 is 1.42 bits per heavy atom. The van der Waals surface area contributed by atoms with E-state index in [1.54, 1.807) is 0 Å². The van der Waals surface area contributed by atoms with Crippen LogP contribution in [0.4, 0.5) is 0 Å². The van der Waals surface area contributed by atoms with Crippen molar-refractivity contribution >= 4 is 0 Å². The summed E-state index contributed by atoms with van der Waals surface area (Å²) in [6.45, 7) is 0. The molecule has 1 aliphatic rings. The molecule has 0 aromatic heterocycles. The Bertz CT molecular complexity index is 89.1. The Hall–Kier alpha value is 1.11. The van der Waals surface area contributed by atoms with E-state index in [1.165, 1.54) is 25.7 Å². The molecule has 60 valence electrons. The summed E-state index contributed by atoms with van der Waals surface area (Å²) in [7, 11) is 3.82. The Labute approximate surface area is 100.0 Å². The number of hydrogen-bond acceptors (Lipinski definition) is 0.